The maximum atomic E-state index is 2.57. The third-order valence-corrected chi connectivity index (χ3v) is 11.1. The second-order valence-electron chi connectivity index (χ2n) is 6.26. The van der Waals surface area contributed by atoms with Crippen molar-refractivity contribution in [1.82, 2.24) is 0 Å². The van der Waals surface area contributed by atoms with Gasteiger partial charge in [0.25, 0.3) is 0 Å². The third-order valence-electron chi connectivity index (χ3n) is 4.18. The van der Waals surface area contributed by atoms with Crippen molar-refractivity contribution in [3.8, 4) is 0 Å². The smallest absolute Gasteiger partial charge is 0.0137 e. The molecule has 2 aliphatic heterocycles. The highest BCUT2D eigenvalue weighted by atomic mass is 31.1. The Hall–Kier alpha value is 0.860. The monoisotopic (exact) mass is 244 g/mol. The first-order chi connectivity index (χ1) is 7.00. The highest BCUT2D eigenvalue weighted by Crippen LogP contribution is 2.66. The molecule has 0 aromatic carbocycles. The molecule has 0 aliphatic carbocycles. The van der Waals surface area contributed by atoms with Crippen molar-refractivity contribution < 1.29 is 0 Å². The first kappa shape index (κ1) is 12.3. The molecule has 0 saturated carbocycles. The van der Waals surface area contributed by atoms with E-state index in [4.69, 9.17) is 0 Å². The Kier molecular flexibility index (Phi) is 3.79. The van der Waals surface area contributed by atoms with E-state index in [1.54, 1.807) is 25.2 Å². The zero-order chi connectivity index (χ0) is 11.1. The summed E-state index contributed by atoms with van der Waals surface area (Å²) in [6, 6.07) is 0. The maximum Gasteiger partial charge on any atom is -0.0137 e. The van der Waals surface area contributed by atoms with Gasteiger partial charge >= 0.3 is 0 Å². The molecule has 2 heteroatoms. The normalized spacial score (nSPS) is 42.4. The average Bonchev–Trinajstić information content (AvgIpc) is 2.69. The van der Waals surface area contributed by atoms with Gasteiger partial charge in [0, 0.05) is 0 Å². The van der Waals surface area contributed by atoms with Crippen LogP contribution < -0.4 is 0 Å². The van der Waals surface area contributed by atoms with Gasteiger partial charge in [-0.05, 0) is 61.1 Å². The summed E-state index contributed by atoms with van der Waals surface area (Å²) in [6.45, 7) is 10.0. The van der Waals surface area contributed by atoms with Crippen LogP contribution in [0, 0.1) is 0 Å². The van der Waals surface area contributed by atoms with Crippen LogP contribution in [0.25, 0.3) is 0 Å². The fourth-order valence-corrected chi connectivity index (χ4v) is 10.6. The molecule has 0 bridgehead atoms. The van der Waals surface area contributed by atoms with Gasteiger partial charge in [-0.1, -0.05) is 28.7 Å². The van der Waals surface area contributed by atoms with E-state index in [0.29, 0.717) is 21.0 Å². The van der Waals surface area contributed by atoms with E-state index in [1.807, 2.05) is 0 Å². The van der Waals surface area contributed by atoms with E-state index in [9.17, 15) is 0 Å². The largest absolute Gasteiger partial charge is 0.106 e. The summed E-state index contributed by atoms with van der Waals surface area (Å²) in [7, 11) is 0.732. The lowest BCUT2D eigenvalue weighted by Gasteiger charge is -2.37. The van der Waals surface area contributed by atoms with Gasteiger partial charge in [0.1, 0.15) is 0 Å². The molecule has 2 aliphatic rings. The standard InChI is InChI=1S/C13H26P2/c1-13(2,3)15-10-6-8-12(15)11-7-5-9-14(11)4/h11-12H,5-10H2,1-4H3/t11-,12-,14+,15?/m0/s1. The molecular formula is C13H26P2. The quantitative estimate of drug-likeness (QED) is 0.586. The fraction of sp³-hybridized carbons (Fsp3) is 1.00. The lowest BCUT2D eigenvalue weighted by molar-refractivity contribution is 0.683. The van der Waals surface area contributed by atoms with Crippen molar-refractivity contribution in [2.24, 2.45) is 0 Å². The van der Waals surface area contributed by atoms with Crippen LogP contribution in [0.4, 0.5) is 0 Å². The highest BCUT2D eigenvalue weighted by Gasteiger charge is 2.42. The molecule has 1 unspecified atom stereocenters. The van der Waals surface area contributed by atoms with Crippen LogP contribution in [0.2, 0.25) is 0 Å². The van der Waals surface area contributed by atoms with Gasteiger partial charge in [-0.15, -0.1) is 7.92 Å². The zero-order valence-electron chi connectivity index (χ0n) is 10.8. The van der Waals surface area contributed by atoms with Crippen LogP contribution in [0.1, 0.15) is 46.5 Å². The van der Waals surface area contributed by atoms with Crippen molar-refractivity contribution in [3.63, 3.8) is 0 Å². The van der Waals surface area contributed by atoms with E-state index in [2.05, 4.69) is 27.4 Å². The lowest BCUT2D eigenvalue weighted by atomic mass is 10.1. The molecule has 2 heterocycles. The molecule has 0 aromatic heterocycles. The molecule has 88 valence electrons. The Bertz CT molecular complexity index is 219. The summed E-state index contributed by atoms with van der Waals surface area (Å²) in [4.78, 5) is 0. The van der Waals surface area contributed by atoms with Gasteiger partial charge in [-0.25, -0.2) is 0 Å². The highest BCUT2D eigenvalue weighted by molar-refractivity contribution is 7.63. The maximum absolute atomic E-state index is 2.57. The van der Waals surface area contributed by atoms with Crippen LogP contribution in [0.5, 0.6) is 0 Å². The molecular weight excluding hydrogens is 218 g/mol. The van der Waals surface area contributed by atoms with Crippen molar-refractivity contribution in [1.29, 1.82) is 0 Å². The molecule has 0 radical (unpaired) electrons. The first-order valence-corrected chi connectivity index (χ1v) is 10.1. The van der Waals surface area contributed by atoms with E-state index in [1.165, 1.54) is 12.8 Å². The van der Waals surface area contributed by atoms with Crippen LogP contribution in [-0.2, 0) is 0 Å². The second-order valence-corrected chi connectivity index (χ2v) is 12.3. The Morgan fingerprint density at radius 3 is 2.07 bits per heavy atom. The molecule has 2 fully saturated rings. The lowest BCUT2D eigenvalue weighted by Crippen LogP contribution is -2.25. The minimum Gasteiger partial charge on any atom is -0.106 e. The molecule has 0 aromatic rings. The molecule has 0 amide bonds. The second kappa shape index (κ2) is 4.62. The third kappa shape index (κ3) is 2.58. The van der Waals surface area contributed by atoms with Crippen molar-refractivity contribution in [2.75, 3.05) is 19.0 Å². The summed E-state index contributed by atoms with van der Waals surface area (Å²) in [5, 5.41) is 0.620. The topological polar surface area (TPSA) is 0 Å². The predicted molar refractivity (Wildman–Crippen MR) is 75.3 cm³/mol. The molecule has 15 heavy (non-hydrogen) atoms. The Morgan fingerprint density at radius 2 is 1.53 bits per heavy atom. The predicted octanol–water partition coefficient (Wildman–Crippen LogP) is 4.70. The first-order valence-electron chi connectivity index (χ1n) is 6.47. The molecule has 2 rings (SSSR count). The molecule has 2 saturated heterocycles. The van der Waals surface area contributed by atoms with Gasteiger partial charge in [0.05, 0.1) is 0 Å². The van der Waals surface area contributed by atoms with Crippen LogP contribution in [0.15, 0.2) is 0 Å². The summed E-state index contributed by atoms with van der Waals surface area (Å²) < 4.78 is 0. The molecule has 0 nitrogen and oxygen atoms in total. The van der Waals surface area contributed by atoms with E-state index >= 15 is 0 Å². The van der Waals surface area contributed by atoms with Gasteiger partial charge in [-0.2, -0.15) is 0 Å². The Labute approximate surface area is 98.1 Å². The van der Waals surface area contributed by atoms with Gasteiger partial charge < -0.3 is 0 Å². The summed E-state index contributed by atoms with van der Waals surface area (Å²) >= 11 is 0. The molecule has 0 spiro atoms. The number of hydrogen-bond acceptors (Lipinski definition) is 0. The SMILES string of the molecule is C[P@]1CCC[C@H]1[C@@H]1CCCP1C(C)(C)C. The van der Waals surface area contributed by atoms with E-state index in [-0.39, 0.29) is 0 Å². The van der Waals surface area contributed by atoms with Crippen LogP contribution >= 0.6 is 15.8 Å². The van der Waals surface area contributed by atoms with Crippen LogP contribution in [-0.4, -0.2) is 35.5 Å². The Morgan fingerprint density at radius 1 is 0.933 bits per heavy atom. The fourth-order valence-electron chi connectivity index (χ4n) is 3.45. The summed E-state index contributed by atoms with van der Waals surface area (Å²) in [6.07, 6.45) is 9.36. The minimum atomic E-state index is 0.329. The summed E-state index contributed by atoms with van der Waals surface area (Å²) in [5.74, 6) is 0. The van der Waals surface area contributed by atoms with Gasteiger partial charge in [-0.3, -0.25) is 0 Å². The van der Waals surface area contributed by atoms with E-state index < -0.39 is 0 Å². The number of hydrogen-bond donors (Lipinski definition) is 0. The molecule has 4 atom stereocenters. The van der Waals surface area contributed by atoms with Crippen molar-refractivity contribution in [3.05, 3.63) is 0 Å². The van der Waals surface area contributed by atoms with Gasteiger partial charge in [0.15, 0.2) is 0 Å². The Balaban J connectivity index is 2.07. The minimum absolute atomic E-state index is 0.329. The average molecular weight is 244 g/mol. The molecule has 0 N–H and O–H groups in total. The summed E-state index contributed by atoms with van der Waals surface area (Å²) in [5.41, 5.74) is 2.31. The van der Waals surface area contributed by atoms with Gasteiger partial charge in [0.2, 0.25) is 0 Å². The zero-order valence-corrected chi connectivity index (χ0v) is 12.6. The van der Waals surface area contributed by atoms with Crippen LogP contribution in [0.3, 0.4) is 0 Å². The van der Waals surface area contributed by atoms with E-state index in [0.717, 1.165) is 11.3 Å². The van der Waals surface area contributed by atoms with Crippen molar-refractivity contribution in [2.45, 2.75) is 62.9 Å². The number of rotatable bonds is 1. The van der Waals surface area contributed by atoms with Crippen molar-refractivity contribution >= 4 is 15.8 Å².